The van der Waals surface area contributed by atoms with Crippen LogP contribution in [0.4, 0.5) is 5.69 Å². The van der Waals surface area contributed by atoms with E-state index in [1.807, 2.05) is 48.8 Å². The van der Waals surface area contributed by atoms with E-state index in [4.69, 9.17) is 4.42 Å². The predicted octanol–water partition coefficient (Wildman–Crippen LogP) is 2.92. The highest BCUT2D eigenvalue weighted by molar-refractivity contribution is 5.87. The van der Waals surface area contributed by atoms with Crippen molar-refractivity contribution < 1.29 is 4.42 Å². The second-order valence-corrected chi connectivity index (χ2v) is 7.80. The molecule has 0 bridgehead atoms. The van der Waals surface area contributed by atoms with Crippen molar-refractivity contribution in [2.24, 2.45) is 0 Å². The maximum atomic E-state index is 12.8. The molecule has 0 amide bonds. The van der Waals surface area contributed by atoms with Crippen molar-refractivity contribution in [3.05, 3.63) is 58.5 Å². The molecule has 7 nitrogen and oxygen atoms in total. The van der Waals surface area contributed by atoms with Gasteiger partial charge in [-0.15, -0.1) is 0 Å². The minimum absolute atomic E-state index is 0.342. The molecule has 4 heterocycles. The van der Waals surface area contributed by atoms with E-state index < -0.39 is 0 Å². The number of nitrogens with zero attached hydrogens (tertiary/aromatic N) is 4. The van der Waals surface area contributed by atoms with Gasteiger partial charge in [-0.3, -0.25) is 4.98 Å². The molecule has 3 aromatic heterocycles. The molecule has 1 aliphatic rings. The van der Waals surface area contributed by atoms with Crippen molar-refractivity contribution in [3.63, 3.8) is 0 Å². The first-order chi connectivity index (χ1) is 14.0. The molecule has 0 radical (unpaired) electrons. The number of aromatic nitrogens is 3. The summed E-state index contributed by atoms with van der Waals surface area (Å²) in [4.78, 5) is 24.1. The lowest BCUT2D eigenvalue weighted by Gasteiger charge is -2.33. The Kier molecular flexibility index (Phi) is 4.13. The lowest BCUT2D eigenvalue weighted by molar-refractivity contribution is 0.485. The van der Waals surface area contributed by atoms with Crippen LogP contribution in [0.3, 0.4) is 0 Å². The van der Waals surface area contributed by atoms with E-state index in [-0.39, 0.29) is 5.63 Å². The van der Waals surface area contributed by atoms with Crippen LogP contribution in [0.5, 0.6) is 0 Å². The molecular formula is C22H23N5O2. The van der Waals surface area contributed by atoms with Crippen molar-refractivity contribution in [2.75, 3.05) is 24.5 Å². The number of aryl methyl sites for hydroxylation is 2. The van der Waals surface area contributed by atoms with Crippen molar-refractivity contribution in [2.45, 2.75) is 26.8 Å². The Morgan fingerprint density at radius 3 is 2.86 bits per heavy atom. The van der Waals surface area contributed by atoms with Gasteiger partial charge in [-0.2, -0.15) is 0 Å². The summed E-state index contributed by atoms with van der Waals surface area (Å²) in [6.07, 6.45) is 3.79. The monoisotopic (exact) mass is 389 g/mol. The summed E-state index contributed by atoms with van der Waals surface area (Å²) in [6, 6.07) is 8.31. The van der Waals surface area contributed by atoms with Gasteiger partial charge < -0.3 is 19.0 Å². The first-order valence-electron chi connectivity index (χ1n) is 9.87. The number of rotatable bonds is 2. The highest BCUT2D eigenvalue weighted by Gasteiger charge is 2.18. The maximum Gasteiger partial charge on any atom is 0.344 e. The first kappa shape index (κ1) is 17.9. The lowest BCUT2D eigenvalue weighted by Crippen LogP contribution is -2.49. The highest BCUT2D eigenvalue weighted by atomic mass is 16.4. The van der Waals surface area contributed by atoms with E-state index in [9.17, 15) is 4.79 Å². The van der Waals surface area contributed by atoms with Gasteiger partial charge >= 0.3 is 5.63 Å². The van der Waals surface area contributed by atoms with Gasteiger partial charge in [0.2, 0.25) is 0 Å². The molecular weight excluding hydrogens is 366 g/mol. The average Bonchev–Trinajstić information content (AvgIpc) is 3.12. The SMILES string of the molecule is Cc1cn2cc(-c3cc4ccc(N5CCN[C@@H](C)C5)cc4c(=O)o3)nc2c(C)n1. The van der Waals surface area contributed by atoms with Crippen LogP contribution in [0.25, 0.3) is 27.9 Å². The highest BCUT2D eigenvalue weighted by Crippen LogP contribution is 2.26. The van der Waals surface area contributed by atoms with E-state index >= 15 is 0 Å². The molecule has 4 aromatic rings. The molecule has 0 spiro atoms. The molecule has 0 saturated carbocycles. The van der Waals surface area contributed by atoms with Crippen LogP contribution < -0.4 is 15.8 Å². The summed E-state index contributed by atoms with van der Waals surface area (Å²) in [5.41, 5.74) is 3.85. The predicted molar refractivity (Wildman–Crippen MR) is 114 cm³/mol. The number of hydrogen-bond donors (Lipinski definition) is 1. The third kappa shape index (κ3) is 3.17. The second kappa shape index (κ2) is 6.70. The average molecular weight is 389 g/mol. The van der Waals surface area contributed by atoms with E-state index in [0.717, 1.165) is 47.7 Å². The second-order valence-electron chi connectivity index (χ2n) is 7.80. The lowest BCUT2D eigenvalue weighted by atomic mass is 10.1. The first-order valence-corrected chi connectivity index (χ1v) is 9.87. The van der Waals surface area contributed by atoms with Gasteiger partial charge in [-0.1, -0.05) is 6.07 Å². The van der Waals surface area contributed by atoms with Gasteiger partial charge in [-0.25, -0.2) is 9.78 Å². The van der Waals surface area contributed by atoms with E-state index in [1.54, 1.807) is 0 Å². The molecule has 1 aromatic carbocycles. The number of benzene rings is 1. The number of piperazine rings is 1. The maximum absolute atomic E-state index is 12.8. The van der Waals surface area contributed by atoms with Gasteiger partial charge in [0, 0.05) is 43.8 Å². The number of anilines is 1. The normalized spacial score (nSPS) is 17.3. The fourth-order valence-corrected chi connectivity index (χ4v) is 4.09. The Balaban J connectivity index is 1.57. The molecule has 1 N–H and O–H groups in total. The topological polar surface area (TPSA) is 75.7 Å². The van der Waals surface area contributed by atoms with Crippen molar-refractivity contribution in [1.82, 2.24) is 19.7 Å². The zero-order valence-corrected chi connectivity index (χ0v) is 16.8. The van der Waals surface area contributed by atoms with Gasteiger partial charge in [-0.05, 0) is 44.4 Å². The number of nitrogens with one attached hydrogen (secondary N) is 1. The quantitative estimate of drug-likeness (QED) is 0.568. The molecule has 148 valence electrons. The van der Waals surface area contributed by atoms with Crippen LogP contribution in [0.1, 0.15) is 18.3 Å². The van der Waals surface area contributed by atoms with Crippen LogP contribution in [-0.2, 0) is 0 Å². The molecule has 0 unspecified atom stereocenters. The molecule has 29 heavy (non-hydrogen) atoms. The fraction of sp³-hybridized carbons (Fsp3) is 0.318. The summed E-state index contributed by atoms with van der Waals surface area (Å²) >= 11 is 0. The van der Waals surface area contributed by atoms with Crippen LogP contribution in [0, 0.1) is 13.8 Å². The van der Waals surface area contributed by atoms with Crippen LogP contribution in [0.15, 0.2) is 45.9 Å². The molecule has 0 aliphatic carbocycles. The number of hydrogen-bond acceptors (Lipinski definition) is 6. The Hall–Kier alpha value is -3.19. The van der Waals surface area contributed by atoms with E-state index in [1.165, 1.54) is 0 Å². The Morgan fingerprint density at radius 2 is 2.03 bits per heavy atom. The number of imidazole rings is 1. The van der Waals surface area contributed by atoms with E-state index in [0.29, 0.717) is 22.9 Å². The summed E-state index contributed by atoms with van der Waals surface area (Å²) in [5, 5.41) is 4.88. The van der Waals surface area contributed by atoms with Crippen LogP contribution in [-0.4, -0.2) is 40.0 Å². The smallest absolute Gasteiger partial charge is 0.344 e. The van der Waals surface area contributed by atoms with Gasteiger partial charge in [0.25, 0.3) is 0 Å². The summed E-state index contributed by atoms with van der Waals surface area (Å²) in [7, 11) is 0. The third-order valence-corrected chi connectivity index (χ3v) is 5.46. The molecule has 5 rings (SSSR count). The largest absolute Gasteiger partial charge is 0.421 e. The van der Waals surface area contributed by atoms with Crippen molar-refractivity contribution in [1.29, 1.82) is 0 Å². The molecule has 7 heteroatoms. The minimum atomic E-state index is -0.342. The summed E-state index contributed by atoms with van der Waals surface area (Å²) < 4.78 is 7.58. The summed E-state index contributed by atoms with van der Waals surface area (Å²) in [5.74, 6) is 0.465. The molecule has 1 atom stereocenters. The van der Waals surface area contributed by atoms with Crippen molar-refractivity contribution >= 4 is 22.1 Å². The van der Waals surface area contributed by atoms with Crippen LogP contribution in [0.2, 0.25) is 0 Å². The Bertz CT molecular complexity index is 1290. The Labute approximate surface area is 168 Å². The van der Waals surface area contributed by atoms with Gasteiger partial charge in [0.15, 0.2) is 11.4 Å². The molecule has 1 aliphatic heterocycles. The Morgan fingerprint density at radius 1 is 1.17 bits per heavy atom. The standard InChI is InChI=1S/C22H23N5O2/c1-13-10-26(7-6-23-13)17-5-4-16-8-20(29-22(28)18(16)9-17)19-12-27-11-14(2)24-15(3)21(27)25-19/h4-5,8-9,11-13,23H,6-7,10H2,1-3H3/t13-/m0/s1. The molecule has 1 fully saturated rings. The third-order valence-electron chi connectivity index (χ3n) is 5.46. The van der Waals surface area contributed by atoms with Gasteiger partial charge in [0.1, 0.15) is 5.69 Å². The number of fused-ring (bicyclic) bond motifs is 2. The van der Waals surface area contributed by atoms with Gasteiger partial charge in [0.05, 0.1) is 16.8 Å². The zero-order valence-electron chi connectivity index (χ0n) is 16.8. The molecule has 1 saturated heterocycles. The fourth-order valence-electron chi connectivity index (χ4n) is 4.09. The summed E-state index contributed by atoms with van der Waals surface area (Å²) in [6.45, 7) is 8.82. The minimum Gasteiger partial charge on any atom is -0.421 e. The van der Waals surface area contributed by atoms with E-state index in [2.05, 4.69) is 33.2 Å². The van der Waals surface area contributed by atoms with Crippen molar-refractivity contribution in [3.8, 4) is 11.5 Å². The zero-order chi connectivity index (χ0) is 20.1. The van der Waals surface area contributed by atoms with Crippen LogP contribution >= 0.6 is 0 Å².